The first kappa shape index (κ1) is 19.0. The van der Waals surface area contributed by atoms with E-state index in [2.05, 4.69) is 5.32 Å². The Labute approximate surface area is 138 Å². The maximum absolute atomic E-state index is 12.2. The van der Waals surface area contributed by atoms with Crippen molar-refractivity contribution >= 4 is 11.9 Å². The molecule has 128 valence electrons. The van der Waals surface area contributed by atoms with Crippen LogP contribution in [0.5, 0.6) is 5.75 Å². The van der Waals surface area contributed by atoms with Gasteiger partial charge in [0.05, 0.1) is 12.5 Å². The van der Waals surface area contributed by atoms with Crippen molar-refractivity contribution in [3.8, 4) is 5.75 Å². The Morgan fingerprint density at radius 2 is 1.78 bits per heavy atom. The molecular formula is C18H27NO4. The van der Waals surface area contributed by atoms with Crippen molar-refractivity contribution in [3.63, 3.8) is 0 Å². The maximum atomic E-state index is 12.2. The number of hydrogen-bond donors (Lipinski definition) is 2. The lowest BCUT2D eigenvalue weighted by atomic mass is 9.82. The molecule has 1 amide bonds. The molecule has 0 saturated carbocycles. The minimum atomic E-state index is -0.879. The van der Waals surface area contributed by atoms with Gasteiger partial charge in [0.15, 0.2) is 0 Å². The van der Waals surface area contributed by atoms with Crippen LogP contribution in [0.2, 0.25) is 0 Å². The van der Waals surface area contributed by atoms with Crippen LogP contribution in [-0.2, 0) is 16.0 Å². The van der Waals surface area contributed by atoms with E-state index in [-0.39, 0.29) is 18.4 Å². The molecule has 0 aliphatic rings. The normalized spacial score (nSPS) is 12.5. The molecule has 0 fully saturated rings. The number of ether oxygens (including phenoxy) is 1. The number of carboxylic acids is 1. The van der Waals surface area contributed by atoms with Crippen molar-refractivity contribution in [2.24, 2.45) is 11.3 Å². The van der Waals surface area contributed by atoms with E-state index in [4.69, 9.17) is 4.74 Å². The Morgan fingerprint density at radius 1 is 1.22 bits per heavy atom. The Balaban J connectivity index is 2.60. The van der Waals surface area contributed by atoms with Crippen LogP contribution >= 0.6 is 0 Å². The highest BCUT2D eigenvalue weighted by molar-refractivity contribution is 5.80. The van der Waals surface area contributed by atoms with Crippen molar-refractivity contribution in [2.75, 3.05) is 13.7 Å². The number of carboxylic acid groups (broad SMARTS) is 1. The molecule has 0 heterocycles. The first-order valence-electron chi connectivity index (χ1n) is 8.02. The van der Waals surface area contributed by atoms with E-state index in [1.54, 1.807) is 7.11 Å². The van der Waals surface area contributed by atoms with Gasteiger partial charge in [-0.3, -0.25) is 9.59 Å². The van der Waals surface area contributed by atoms with E-state index in [1.165, 1.54) is 0 Å². The number of methoxy groups -OCH3 is 1. The van der Waals surface area contributed by atoms with Crippen molar-refractivity contribution in [1.29, 1.82) is 0 Å². The molecule has 0 spiro atoms. The second-order valence-corrected chi connectivity index (χ2v) is 5.96. The SMILES string of the molecule is CCC(CC)(CNC(=O)C(C)Cc1ccc(OC)cc1)C(=O)O. The van der Waals surface area contributed by atoms with Crippen LogP contribution in [0, 0.1) is 11.3 Å². The minimum Gasteiger partial charge on any atom is -0.497 e. The lowest BCUT2D eigenvalue weighted by Gasteiger charge is -2.27. The molecule has 0 bridgehead atoms. The Morgan fingerprint density at radius 3 is 2.22 bits per heavy atom. The van der Waals surface area contributed by atoms with E-state index in [0.29, 0.717) is 19.3 Å². The second-order valence-electron chi connectivity index (χ2n) is 5.96. The third-order valence-electron chi connectivity index (χ3n) is 4.56. The van der Waals surface area contributed by atoms with Gasteiger partial charge in [0.25, 0.3) is 0 Å². The number of nitrogens with one attached hydrogen (secondary N) is 1. The van der Waals surface area contributed by atoms with Crippen LogP contribution in [0.15, 0.2) is 24.3 Å². The van der Waals surface area contributed by atoms with Gasteiger partial charge < -0.3 is 15.2 Å². The Kier molecular flexibility index (Phi) is 7.07. The summed E-state index contributed by atoms with van der Waals surface area (Å²) in [4.78, 5) is 23.7. The van der Waals surface area contributed by atoms with Crippen molar-refractivity contribution < 1.29 is 19.4 Å². The molecule has 23 heavy (non-hydrogen) atoms. The fourth-order valence-corrected chi connectivity index (χ4v) is 2.52. The first-order chi connectivity index (χ1) is 10.9. The summed E-state index contributed by atoms with van der Waals surface area (Å²) in [7, 11) is 1.61. The topological polar surface area (TPSA) is 75.6 Å². The number of carbonyl (C=O) groups excluding carboxylic acids is 1. The summed E-state index contributed by atoms with van der Waals surface area (Å²) in [5.74, 6) is -0.412. The number of benzene rings is 1. The van der Waals surface area contributed by atoms with Crippen molar-refractivity contribution in [3.05, 3.63) is 29.8 Å². The molecule has 5 heteroatoms. The number of carbonyl (C=O) groups is 2. The van der Waals surface area contributed by atoms with Crippen LogP contribution in [0.4, 0.5) is 0 Å². The lowest BCUT2D eigenvalue weighted by molar-refractivity contribution is -0.149. The average Bonchev–Trinajstić information content (AvgIpc) is 2.56. The molecule has 1 aromatic carbocycles. The van der Waals surface area contributed by atoms with Crippen LogP contribution in [0.1, 0.15) is 39.2 Å². The van der Waals surface area contributed by atoms with Crippen LogP contribution < -0.4 is 10.1 Å². The summed E-state index contributed by atoms with van der Waals surface area (Å²) in [6.07, 6.45) is 1.59. The van der Waals surface area contributed by atoms with E-state index in [9.17, 15) is 14.7 Å². The van der Waals surface area contributed by atoms with Crippen molar-refractivity contribution in [1.82, 2.24) is 5.32 Å². The lowest BCUT2D eigenvalue weighted by Crippen LogP contribution is -2.44. The third-order valence-corrected chi connectivity index (χ3v) is 4.56. The molecule has 0 saturated heterocycles. The van der Waals surface area contributed by atoms with Gasteiger partial charge in [-0.1, -0.05) is 32.9 Å². The highest BCUT2D eigenvalue weighted by Crippen LogP contribution is 2.26. The number of aliphatic carboxylic acids is 1. The number of hydrogen-bond acceptors (Lipinski definition) is 3. The van der Waals surface area contributed by atoms with Crippen molar-refractivity contribution in [2.45, 2.75) is 40.0 Å². The van der Waals surface area contributed by atoms with Gasteiger partial charge in [0.2, 0.25) is 5.91 Å². The molecule has 0 aliphatic heterocycles. The summed E-state index contributed by atoms with van der Waals surface area (Å²) in [6.45, 7) is 5.69. The smallest absolute Gasteiger partial charge is 0.311 e. The van der Waals surface area contributed by atoms with Gasteiger partial charge in [0.1, 0.15) is 5.75 Å². The standard InChI is InChI=1S/C18H27NO4/c1-5-18(6-2,17(21)22)12-19-16(20)13(3)11-14-7-9-15(23-4)10-8-14/h7-10,13H,5-6,11-12H2,1-4H3,(H,19,20)(H,21,22). The minimum absolute atomic E-state index is 0.117. The highest BCUT2D eigenvalue weighted by atomic mass is 16.5. The predicted molar refractivity (Wildman–Crippen MR) is 89.5 cm³/mol. The van der Waals surface area contributed by atoms with Crippen LogP contribution in [0.25, 0.3) is 0 Å². The van der Waals surface area contributed by atoms with Gasteiger partial charge in [0, 0.05) is 12.5 Å². The fourth-order valence-electron chi connectivity index (χ4n) is 2.52. The molecule has 0 radical (unpaired) electrons. The number of amides is 1. The largest absolute Gasteiger partial charge is 0.497 e. The highest BCUT2D eigenvalue weighted by Gasteiger charge is 2.35. The summed E-state index contributed by atoms with van der Waals surface area (Å²) < 4.78 is 5.11. The quantitative estimate of drug-likeness (QED) is 0.733. The second kappa shape index (κ2) is 8.56. The predicted octanol–water partition coefficient (Wildman–Crippen LogP) is 2.88. The van der Waals surface area contributed by atoms with Crippen LogP contribution in [-0.4, -0.2) is 30.6 Å². The molecule has 1 rings (SSSR count). The molecule has 2 N–H and O–H groups in total. The molecule has 1 unspecified atom stereocenters. The third kappa shape index (κ3) is 4.98. The van der Waals surface area contributed by atoms with E-state index < -0.39 is 11.4 Å². The van der Waals surface area contributed by atoms with E-state index in [1.807, 2.05) is 45.0 Å². The zero-order valence-electron chi connectivity index (χ0n) is 14.4. The van der Waals surface area contributed by atoms with Gasteiger partial charge in [-0.15, -0.1) is 0 Å². The Bertz CT molecular complexity index is 520. The summed E-state index contributed by atoms with van der Waals surface area (Å²) in [5.41, 5.74) is 0.166. The van der Waals surface area contributed by atoms with Gasteiger partial charge in [-0.25, -0.2) is 0 Å². The zero-order chi connectivity index (χ0) is 17.5. The fraction of sp³-hybridized carbons (Fsp3) is 0.556. The van der Waals surface area contributed by atoms with Gasteiger partial charge >= 0.3 is 5.97 Å². The average molecular weight is 321 g/mol. The summed E-state index contributed by atoms with van der Waals surface area (Å²) >= 11 is 0. The Hall–Kier alpha value is -2.04. The zero-order valence-corrected chi connectivity index (χ0v) is 14.4. The molecule has 1 aromatic rings. The van der Waals surface area contributed by atoms with E-state index in [0.717, 1.165) is 11.3 Å². The molecule has 0 aromatic heterocycles. The molecule has 5 nitrogen and oxygen atoms in total. The number of rotatable bonds is 9. The van der Waals surface area contributed by atoms with Gasteiger partial charge in [-0.05, 0) is 37.0 Å². The molecule has 1 atom stereocenters. The van der Waals surface area contributed by atoms with Crippen LogP contribution in [0.3, 0.4) is 0 Å². The van der Waals surface area contributed by atoms with E-state index >= 15 is 0 Å². The van der Waals surface area contributed by atoms with Gasteiger partial charge in [-0.2, -0.15) is 0 Å². The summed E-state index contributed by atoms with van der Waals surface area (Å²) in [5, 5.41) is 12.2. The molecule has 0 aliphatic carbocycles. The first-order valence-corrected chi connectivity index (χ1v) is 8.02. The summed E-state index contributed by atoms with van der Waals surface area (Å²) in [6, 6.07) is 7.59. The molecular weight excluding hydrogens is 294 g/mol. The monoisotopic (exact) mass is 321 g/mol. The maximum Gasteiger partial charge on any atom is 0.311 e.